The molecule has 1 unspecified atom stereocenters. The van der Waals surface area contributed by atoms with Crippen LogP contribution >= 0.6 is 0 Å². The molecule has 1 heterocycles. The van der Waals surface area contributed by atoms with Gasteiger partial charge in [0.15, 0.2) is 0 Å². The molecule has 1 radical (unpaired) electrons. The molecule has 0 bridgehead atoms. The van der Waals surface area contributed by atoms with E-state index in [4.69, 9.17) is 9.84 Å². The molecule has 0 aromatic heterocycles. The minimum atomic E-state index is -0.0486. The number of aliphatic hydroxyl groups is 1. The van der Waals surface area contributed by atoms with Crippen LogP contribution < -0.4 is 0 Å². The predicted octanol–water partition coefficient (Wildman–Crippen LogP) is 0.714. The summed E-state index contributed by atoms with van der Waals surface area (Å²) in [5.74, 6) is 0. The van der Waals surface area contributed by atoms with Crippen molar-refractivity contribution in [2.45, 2.75) is 18.9 Å². The zero-order valence-corrected chi connectivity index (χ0v) is 10.7. The van der Waals surface area contributed by atoms with Gasteiger partial charge in [-0.05, 0) is 12.8 Å². The smallest absolute Gasteiger partial charge is 0.0986 e. The molecule has 1 N–H and O–H groups in total. The van der Waals surface area contributed by atoms with E-state index in [-0.39, 0.29) is 56.8 Å². The van der Waals surface area contributed by atoms with Gasteiger partial charge in [0, 0.05) is 50.7 Å². The number of ether oxygens (including phenoxy) is 1. The zero-order valence-electron chi connectivity index (χ0n) is 5.99. The summed E-state index contributed by atoms with van der Waals surface area (Å²) in [4.78, 5) is 0. The summed E-state index contributed by atoms with van der Waals surface area (Å²) in [5.41, 5.74) is 0. The maximum absolute atomic E-state index is 8.64. The Kier molecular flexibility index (Phi) is 7.54. The summed E-state index contributed by atoms with van der Waals surface area (Å²) in [6.07, 6.45) is 6.09. The van der Waals surface area contributed by atoms with Crippen LogP contribution in [-0.4, -0.2) is 24.4 Å². The van der Waals surface area contributed by atoms with E-state index in [1.807, 2.05) is 6.08 Å². The first kappa shape index (κ1) is 11.1. The number of hydrogen-bond acceptors (Lipinski definition) is 2. The number of hydrogen-bond donors (Lipinski definition) is 1. The van der Waals surface area contributed by atoms with Crippen LogP contribution in [-0.2, 0) is 4.74 Å². The molecule has 1 aliphatic heterocycles. The van der Waals surface area contributed by atoms with Crippen LogP contribution in [0.5, 0.6) is 0 Å². The Balaban J connectivity index is 0.000000810. The van der Waals surface area contributed by atoms with E-state index in [9.17, 15) is 0 Å². The fourth-order valence-electron chi connectivity index (χ4n) is 0.853. The van der Waals surface area contributed by atoms with E-state index >= 15 is 0 Å². The fraction of sp³-hybridized carbons (Fsp3) is 0.714. The van der Waals surface area contributed by atoms with E-state index < -0.39 is 0 Å². The van der Waals surface area contributed by atoms with Crippen molar-refractivity contribution < 1.29 is 53.9 Å². The Hall–Kier alpha value is 1.10. The molecule has 0 saturated heterocycles. The van der Waals surface area contributed by atoms with Gasteiger partial charge >= 0.3 is 0 Å². The first-order valence-electron chi connectivity index (χ1n) is 3.32. The SMILES string of the molecule is OCC1C=CCCCO1.[Ac]. The number of aliphatic hydroxyl groups excluding tert-OH is 1. The van der Waals surface area contributed by atoms with Crippen molar-refractivity contribution in [2.24, 2.45) is 0 Å². The van der Waals surface area contributed by atoms with Crippen LogP contribution in [0.15, 0.2) is 12.2 Å². The van der Waals surface area contributed by atoms with Gasteiger partial charge in [-0.15, -0.1) is 0 Å². The summed E-state index contributed by atoms with van der Waals surface area (Å²) < 4.78 is 5.22. The molecule has 1 aliphatic rings. The Morgan fingerprint density at radius 3 is 3.10 bits per heavy atom. The zero-order chi connectivity index (χ0) is 6.53. The number of rotatable bonds is 1. The molecular weight excluding hydrogens is 343 g/mol. The van der Waals surface area contributed by atoms with Crippen molar-refractivity contribution in [1.82, 2.24) is 0 Å². The molecule has 0 fully saturated rings. The average molecular weight is 355 g/mol. The van der Waals surface area contributed by atoms with E-state index in [1.54, 1.807) is 0 Å². The van der Waals surface area contributed by atoms with Gasteiger partial charge in [0.05, 0.1) is 12.7 Å². The normalized spacial score (nSPS) is 25.1. The molecule has 0 spiro atoms. The molecule has 0 aromatic carbocycles. The van der Waals surface area contributed by atoms with Gasteiger partial charge in [-0.25, -0.2) is 0 Å². The van der Waals surface area contributed by atoms with Crippen molar-refractivity contribution in [3.63, 3.8) is 0 Å². The first-order valence-corrected chi connectivity index (χ1v) is 3.32. The maximum atomic E-state index is 8.64. The van der Waals surface area contributed by atoms with E-state index in [1.165, 1.54) is 0 Å². The van der Waals surface area contributed by atoms with Crippen molar-refractivity contribution >= 4 is 0 Å². The summed E-state index contributed by atoms with van der Waals surface area (Å²) in [5, 5.41) is 8.64. The molecule has 0 amide bonds. The molecule has 2 nitrogen and oxygen atoms in total. The standard InChI is InChI=1S/C7H12O2.Ac/c8-6-7-4-2-1-3-5-9-7;/h2,4,7-8H,1,3,5-6H2;. The third kappa shape index (κ3) is 4.08. The van der Waals surface area contributed by atoms with Gasteiger partial charge in [0.2, 0.25) is 0 Å². The van der Waals surface area contributed by atoms with Crippen LogP contribution in [0.25, 0.3) is 0 Å². The molecule has 0 saturated carbocycles. The summed E-state index contributed by atoms with van der Waals surface area (Å²) in [6, 6.07) is 0. The molecule has 1 rings (SSSR count). The summed E-state index contributed by atoms with van der Waals surface area (Å²) in [7, 11) is 0. The predicted molar refractivity (Wildman–Crippen MR) is 35.2 cm³/mol. The third-order valence-electron chi connectivity index (χ3n) is 1.38. The van der Waals surface area contributed by atoms with Crippen molar-refractivity contribution in [1.29, 1.82) is 0 Å². The van der Waals surface area contributed by atoms with Gasteiger partial charge in [-0.2, -0.15) is 0 Å². The van der Waals surface area contributed by atoms with Crippen molar-refractivity contribution in [3.8, 4) is 0 Å². The minimum Gasteiger partial charge on any atom is -0.393 e. The Morgan fingerprint density at radius 1 is 1.60 bits per heavy atom. The van der Waals surface area contributed by atoms with Crippen molar-refractivity contribution in [2.75, 3.05) is 13.2 Å². The van der Waals surface area contributed by atoms with E-state index in [0.717, 1.165) is 19.4 Å². The Labute approximate surface area is 97.2 Å². The van der Waals surface area contributed by atoms with Gasteiger partial charge in [-0.1, -0.05) is 12.2 Å². The average Bonchev–Trinajstić information content (AvgIpc) is 2.13. The quantitative estimate of drug-likeness (QED) is 0.703. The molecule has 1 atom stereocenters. The van der Waals surface area contributed by atoms with E-state index in [0.29, 0.717) is 0 Å². The molecule has 10 heavy (non-hydrogen) atoms. The maximum Gasteiger partial charge on any atom is 0.0986 e. The monoisotopic (exact) mass is 355 g/mol. The fourth-order valence-corrected chi connectivity index (χ4v) is 0.853. The van der Waals surface area contributed by atoms with Gasteiger partial charge in [0.1, 0.15) is 0 Å². The van der Waals surface area contributed by atoms with Gasteiger partial charge in [0.25, 0.3) is 0 Å². The largest absolute Gasteiger partial charge is 0.393 e. The molecule has 55 valence electrons. The van der Waals surface area contributed by atoms with Crippen LogP contribution in [0.3, 0.4) is 0 Å². The molecule has 0 aromatic rings. The second-order valence-electron chi connectivity index (χ2n) is 2.16. The van der Waals surface area contributed by atoms with Crippen LogP contribution in [0.4, 0.5) is 0 Å². The second kappa shape index (κ2) is 6.79. The molecule has 0 aliphatic carbocycles. The van der Waals surface area contributed by atoms with Gasteiger partial charge < -0.3 is 9.84 Å². The van der Waals surface area contributed by atoms with Crippen molar-refractivity contribution in [3.05, 3.63) is 12.2 Å². The molecular formula is C7H12AcO2. The molecule has 3 heteroatoms. The minimum absolute atomic E-state index is 0. The number of allylic oxidation sites excluding steroid dienone is 1. The topological polar surface area (TPSA) is 29.5 Å². The van der Waals surface area contributed by atoms with Crippen LogP contribution in [0, 0.1) is 44.1 Å². The second-order valence-corrected chi connectivity index (χ2v) is 2.16. The third-order valence-corrected chi connectivity index (χ3v) is 1.38. The van der Waals surface area contributed by atoms with Crippen LogP contribution in [0.2, 0.25) is 0 Å². The van der Waals surface area contributed by atoms with Crippen LogP contribution in [0.1, 0.15) is 12.8 Å². The van der Waals surface area contributed by atoms with E-state index in [2.05, 4.69) is 6.08 Å². The van der Waals surface area contributed by atoms with Gasteiger partial charge in [-0.3, -0.25) is 0 Å². The Bertz CT molecular complexity index is 104. The Morgan fingerprint density at radius 2 is 2.40 bits per heavy atom. The first-order chi connectivity index (χ1) is 4.43. The summed E-state index contributed by atoms with van der Waals surface area (Å²) >= 11 is 0. The summed E-state index contributed by atoms with van der Waals surface area (Å²) in [6.45, 7) is 0.884.